The molecule has 0 aliphatic heterocycles. The zero-order valence-electron chi connectivity index (χ0n) is 10.2. The molecule has 1 aromatic heterocycles. The van der Waals surface area contributed by atoms with E-state index < -0.39 is 10.0 Å². The second-order valence-electron chi connectivity index (χ2n) is 3.59. The van der Waals surface area contributed by atoms with E-state index in [2.05, 4.69) is 41.3 Å². The molecule has 7 nitrogen and oxygen atoms in total. The van der Waals surface area contributed by atoms with Gasteiger partial charge in [-0.05, 0) is 22.4 Å². The van der Waals surface area contributed by atoms with Gasteiger partial charge >= 0.3 is 0 Å². The first kappa shape index (κ1) is 15.1. The normalized spacial score (nSPS) is 11.3. The first-order valence-electron chi connectivity index (χ1n) is 5.31. The van der Waals surface area contributed by atoms with E-state index in [4.69, 9.17) is 0 Å². The van der Waals surface area contributed by atoms with Gasteiger partial charge in [0.1, 0.15) is 5.82 Å². The van der Waals surface area contributed by atoms with E-state index in [1.54, 1.807) is 13.2 Å². The van der Waals surface area contributed by atoms with Crippen molar-refractivity contribution < 1.29 is 8.42 Å². The van der Waals surface area contributed by atoms with Gasteiger partial charge in [-0.2, -0.15) is 4.98 Å². The molecule has 0 atom stereocenters. The van der Waals surface area contributed by atoms with Gasteiger partial charge in [0, 0.05) is 26.3 Å². The third kappa shape index (κ3) is 5.61. The fraction of sp³-hybridized carbons (Fsp3) is 0.556. The summed E-state index contributed by atoms with van der Waals surface area (Å²) in [6.45, 7) is 1.01. The van der Waals surface area contributed by atoms with Gasteiger partial charge < -0.3 is 10.6 Å². The van der Waals surface area contributed by atoms with Crippen molar-refractivity contribution in [1.29, 1.82) is 0 Å². The highest BCUT2D eigenvalue weighted by Crippen LogP contribution is 2.19. The number of rotatable bonds is 7. The van der Waals surface area contributed by atoms with Crippen molar-refractivity contribution in [3.05, 3.63) is 10.7 Å². The molecular formula is C9H16BrN5O2S. The van der Waals surface area contributed by atoms with E-state index in [-0.39, 0.29) is 0 Å². The summed E-state index contributed by atoms with van der Waals surface area (Å²) in [5, 5.41) is 5.94. The summed E-state index contributed by atoms with van der Waals surface area (Å²) in [5.74, 6) is 1.20. The quantitative estimate of drug-likeness (QED) is 0.631. The predicted molar refractivity (Wildman–Crippen MR) is 75.2 cm³/mol. The van der Waals surface area contributed by atoms with Crippen LogP contribution in [0.4, 0.5) is 11.8 Å². The lowest BCUT2D eigenvalue weighted by Crippen LogP contribution is -2.24. The van der Waals surface area contributed by atoms with Gasteiger partial charge in [-0.25, -0.2) is 18.1 Å². The Labute approximate surface area is 115 Å². The molecule has 0 aliphatic rings. The Hall–Kier alpha value is -0.930. The standard InChI is InChI=1S/C9H16BrN5O2S/c1-11-9-13-6-7(10)8(15-9)12-4-3-5-14-18(2,16)17/h6,14H,3-5H2,1-2H3,(H2,11,12,13,15). The van der Waals surface area contributed by atoms with E-state index >= 15 is 0 Å². The first-order chi connectivity index (χ1) is 8.42. The molecule has 9 heteroatoms. The predicted octanol–water partition coefficient (Wildman–Crippen LogP) is 0.632. The lowest BCUT2D eigenvalue weighted by Gasteiger charge is -2.08. The van der Waals surface area contributed by atoms with Crippen LogP contribution in [0, 0.1) is 0 Å². The molecule has 1 aromatic rings. The number of hydrogen-bond donors (Lipinski definition) is 3. The average molecular weight is 338 g/mol. The number of hydrogen-bond acceptors (Lipinski definition) is 6. The second-order valence-corrected chi connectivity index (χ2v) is 6.27. The van der Waals surface area contributed by atoms with Crippen LogP contribution in [-0.2, 0) is 10.0 Å². The van der Waals surface area contributed by atoms with Crippen molar-refractivity contribution in [2.75, 3.05) is 37.0 Å². The molecule has 102 valence electrons. The summed E-state index contributed by atoms with van der Waals surface area (Å²) in [5.41, 5.74) is 0. The highest BCUT2D eigenvalue weighted by Gasteiger charge is 2.04. The maximum atomic E-state index is 10.8. The van der Waals surface area contributed by atoms with Crippen LogP contribution >= 0.6 is 15.9 Å². The molecule has 18 heavy (non-hydrogen) atoms. The topological polar surface area (TPSA) is 96.0 Å². The van der Waals surface area contributed by atoms with Crippen LogP contribution in [0.15, 0.2) is 10.7 Å². The minimum absolute atomic E-state index is 0.396. The molecule has 0 amide bonds. The first-order valence-corrected chi connectivity index (χ1v) is 7.99. The number of nitrogens with zero attached hydrogens (tertiary/aromatic N) is 2. The maximum Gasteiger partial charge on any atom is 0.224 e. The minimum Gasteiger partial charge on any atom is -0.369 e. The Kier molecular flexibility index (Phi) is 5.76. The Bertz CT molecular complexity index is 494. The summed E-state index contributed by atoms with van der Waals surface area (Å²) in [7, 11) is -1.37. The Balaban J connectivity index is 2.39. The van der Waals surface area contributed by atoms with E-state index in [1.807, 2.05) is 0 Å². The van der Waals surface area contributed by atoms with Gasteiger partial charge in [0.15, 0.2) is 0 Å². The van der Waals surface area contributed by atoms with Crippen molar-refractivity contribution in [3.8, 4) is 0 Å². The summed E-state index contributed by atoms with van der Waals surface area (Å²) >= 11 is 3.33. The molecule has 0 spiro atoms. The summed E-state index contributed by atoms with van der Waals surface area (Å²) in [6.07, 6.45) is 3.45. The summed E-state index contributed by atoms with van der Waals surface area (Å²) < 4.78 is 24.9. The van der Waals surface area contributed by atoms with Gasteiger partial charge in [-0.15, -0.1) is 0 Å². The Morgan fingerprint density at radius 3 is 2.72 bits per heavy atom. The highest BCUT2D eigenvalue weighted by molar-refractivity contribution is 9.10. The van der Waals surface area contributed by atoms with Gasteiger partial charge in [0.2, 0.25) is 16.0 Å². The van der Waals surface area contributed by atoms with Crippen LogP contribution in [0.1, 0.15) is 6.42 Å². The number of sulfonamides is 1. The molecule has 0 aliphatic carbocycles. The average Bonchev–Trinajstić information content (AvgIpc) is 2.29. The summed E-state index contributed by atoms with van der Waals surface area (Å²) in [4.78, 5) is 8.25. The van der Waals surface area contributed by atoms with Crippen molar-refractivity contribution in [3.63, 3.8) is 0 Å². The van der Waals surface area contributed by atoms with E-state index in [1.165, 1.54) is 0 Å². The van der Waals surface area contributed by atoms with Crippen molar-refractivity contribution >= 4 is 37.7 Å². The van der Waals surface area contributed by atoms with E-state index in [0.29, 0.717) is 31.3 Å². The van der Waals surface area contributed by atoms with Crippen molar-refractivity contribution in [1.82, 2.24) is 14.7 Å². The molecular weight excluding hydrogens is 322 g/mol. The minimum atomic E-state index is -3.11. The van der Waals surface area contributed by atoms with Crippen LogP contribution < -0.4 is 15.4 Å². The Morgan fingerprint density at radius 2 is 2.11 bits per heavy atom. The van der Waals surface area contributed by atoms with Crippen molar-refractivity contribution in [2.45, 2.75) is 6.42 Å². The molecule has 0 unspecified atom stereocenters. The van der Waals surface area contributed by atoms with Gasteiger partial charge in [0.25, 0.3) is 0 Å². The molecule has 0 aromatic carbocycles. The van der Waals surface area contributed by atoms with Gasteiger partial charge in [-0.3, -0.25) is 0 Å². The third-order valence-electron chi connectivity index (χ3n) is 1.98. The van der Waals surface area contributed by atoms with Gasteiger partial charge in [0.05, 0.1) is 10.7 Å². The molecule has 0 saturated heterocycles. The molecule has 1 heterocycles. The number of halogens is 1. The largest absolute Gasteiger partial charge is 0.369 e. The Morgan fingerprint density at radius 1 is 1.39 bits per heavy atom. The van der Waals surface area contributed by atoms with Crippen molar-refractivity contribution in [2.24, 2.45) is 0 Å². The number of anilines is 2. The van der Waals surface area contributed by atoms with Gasteiger partial charge in [-0.1, -0.05) is 0 Å². The number of aromatic nitrogens is 2. The summed E-state index contributed by atoms with van der Waals surface area (Å²) in [6, 6.07) is 0. The maximum absolute atomic E-state index is 10.8. The van der Waals surface area contributed by atoms with E-state index in [0.717, 1.165) is 10.7 Å². The molecule has 0 fully saturated rings. The van der Waals surface area contributed by atoms with Crippen LogP contribution in [0.25, 0.3) is 0 Å². The molecule has 0 bridgehead atoms. The number of nitrogens with one attached hydrogen (secondary N) is 3. The molecule has 1 rings (SSSR count). The third-order valence-corrected chi connectivity index (χ3v) is 3.29. The van der Waals surface area contributed by atoms with Crippen LogP contribution in [0.3, 0.4) is 0 Å². The van der Waals surface area contributed by atoms with Crippen LogP contribution in [0.5, 0.6) is 0 Å². The highest BCUT2D eigenvalue weighted by atomic mass is 79.9. The fourth-order valence-electron chi connectivity index (χ4n) is 1.16. The fourth-order valence-corrected chi connectivity index (χ4v) is 2.01. The zero-order chi connectivity index (χ0) is 13.6. The molecule has 0 radical (unpaired) electrons. The monoisotopic (exact) mass is 337 g/mol. The smallest absolute Gasteiger partial charge is 0.224 e. The molecule has 0 saturated carbocycles. The lowest BCUT2D eigenvalue weighted by atomic mass is 10.4. The van der Waals surface area contributed by atoms with E-state index in [9.17, 15) is 8.42 Å². The second kappa shape index (κ2) is 6.86. The SMILES string of the molecule is CNc1ncc(Br)c(NCCCNS(C)(=O)=O)n1. The molecule has 3 N–H and O–H groups in total. The van der Waals surface area contributed by atoms with Crippen LogP contribution in [0.2, 0.25) is 0 Å². The zero-order valence-corrected chi connectivity index (χ0v) is 12.6. The lowest BCUT2D eigenvalue weighted by molar-refractivity contribution is 0.586. The van der Waals surface area contributed by atoms with Crippen LogP contribution in [-0.4, -0.2) is 44.8 Å².